The Hall–Kier alpha value is -3.49. The average molecular weight is 488 g/mol. The number of allylic oxidation sites excluding steroid dienone is 3. The lowest BCUT2D eigenvalue weighted by Crippen LogP contribution is -2.43. The molecule has 190 valence electrons. The first-order valence-corrected chi connectivity index (χ1v) is 11.4. The summed E-state index contributed by atoms with van der Waals surface area (Å²) in [5.41, 5.74) is 2.30. The van der Waals surface area contributed by atoms with Crippen LogP contribution < -0.4 is 19.5 Å². The van der Waals surface area contributed by atoms with Crippen molar-refractivity contribution in [1.82, 2.24) is 5.32 Å². The highest BCUT2D eigenvalue weighted by Crippen LogP contribution is 2.51. The Kier molecular flexibility index (Phi) is 7.77. The number of ketones is 1. The first-order chi connectivity index (χ1) is 16.6. The summed E-state index contributed by atoms with van der Waals surface area (Å²) >= 11 is 0. The lowest BCUT2D eigenvalue weighted by atomic mass is 9.69. The molecule has 1 aliphatic carbocycles. The van der Waals surface area contributed by atoms with Gasteiger partial charge in [-0.15, -0.1) is 0 Å². The van der Waals surface area contributed by atoms with Gasteiger partial charge < -0.3 is 29.0 Å². The molecule has 1 N–H and O–H groups in total. The van der Waals surface area contributed by atoms with Crippen molar-refractivity contribution in [3.63, 3.8) is 0 Å². The van der Waals surface area contributed by atoms with Crippen molar-refractivity contribution in [2.24, 2.45) is 11.8 Å². The van der Waals surface area contributed by atoms with Crippen molar-refractivity contribution >= 4 is 17.7 Å². The summed E-state index contributed by atoms with van der Waals surface area (Å²) in [7, 11) is 5.72. The Bertz CT molecular complexity index is 1100. The second kappa shape index (κ2) is 10.4. The molecule has 2 aliphatic rings. The van der Waals surface area contributed by atoms with E-state index in [1.807, 2.05) is 6.92 Å². The van der Waals surface area contributed by atoms with Crippen LogP contribution in [0.25, 0.3) is 0 Å². The molecule has 0 amide bonds. The molecule has 0 spiro atoms. The van der Waals surface area contributed by atoms with E-state index in [0.29, 0.717) is 46.2 Å². The minimum atomic E-state index is -0.991. The molecule has 0 aromatic heterocycles. The number of esters is 2. The predicted molar refractivity (Wildman–Crippen MR) is 127 cm³/mol. The van der Waals surface area contributed by atoms with Gasteiger partial charge in [0.1, 0.15) is 5.92 Å². The van der Waals surface area contributed by atoms with E-state index in [1.54, 1.807) is 32.9 Å². The summed E-state index contributed by atoms with van der Waals surface area (Å²) < 4.78 is 27.2. The zero-order chi connectivity index (χ0) is 26.0. The SMILES string of the molecule is COC(=O)[C@H]1C(=O)C2=C(C[C@@H]1C)NC(C)=C(C(=O)OC(C)C)[C@H]2c1ccc(OC)c(OC)c1OC. The summed E-state index contributed by atoms with van der Waals surface area (Å²) in [6.45, 7) is 7.10. The number of hydrogen-bond donors (Lipinski definition) is 1. The third-order valence-electron chi connectivity index (χ3n) is 6.35. The fourth-order valence-corrected chi connectivity index (χ4v) is 4.89. The van der Waals surface area contributed by atoms with Crippen LogP contribution in [0.1, 0.15) is 45.6 Å². The minimum Gasteiger partial charge on any atom is -0.493 e. The Balaban J connectivity index is 2.32. The summed E-state index contributed by atoms with van der Waals surface area (Å²) in [6.07, 6.45) is 0.0487. The van der Waals surface area contributed by atoms with Crippen molar-refractivity contribution < 1.29 is 38.1 Å². The maximum atomic E-state index is 13.9. The fourth-order valence-electron chi connectivity index (χ4n) is 4.89. The smallest absolute Gasteiger partial charge is 0.337 e. The first-order valence-electron chi connectivity index (χ1n) is 11.4. The summed E-state index contributed by atoms with van der Waals surface area (Å²) in [5, 5.41) is 3.24. The maximum absolute atomic E-state index is 13.9. The number of Topliss-reactive ketones (excluding diaryl/α,β-unsaturated/α-hetero) is 1. The van der Waals surface area contributed by atoms with E-state index in [2.05, 4.69) is 5.32 Å². The number of methoxy groups -OCH3 is 4. The third-order valence-corrected chi connectivity index (χ3v) is 6.35. The largest absolute Gasteiger partial charge is 0.493 e. The molecule has 1 heterocycles. The van der Waals surface area contributed by atoms with Crippen molar-refractivity contribution in [3.8, 4) is 17.2 Å². The van der Waals surface area contributed by atoms with Crippen LogP contribution in [0.2, 0.25) is 0 Å². The summed E-state index contributed by atoms with van der Waals surface area (Å²) in [6, 6.07) is 3.42. The van der Waals surface area contributed by atoms with Crippen LogP contribution in [0.3, 0.4) is 0 Å². The molecule has 3 rings (SSSR count). The number of ether oxygens (including phenoxy) is 5. The summed E-state index contributed by atoms with van der Waals surface area (Å²) in [5.74, 6) is -2.65. The molecule has 1 aromatic carbocycles. The van der Waals surface area contributed by atoms with Crippen LogP contribution in [0, 0.1) is 11.8 Å². The van der Waals surface area contributed by atoms with Crippen LogP contribution in [0.4, 0.5) is 0 Å². The number of nitrogens with one attached hydrogen (secondary N) is 1. The Morgan fingerprint density at radius 3 is 2.23 bits per heavy atom. The van der Waals surface area contributed by atoms with Crippen LogP contribution in [-0.2, 0) is 23.9 Å². The zero-order valence-corrected chi connectivity index (χ0v) is 21.4. The predicted octanol–water partition coefficient (Wildman–Crippen LogP) is 3.28. The Morgan fingerprint density at radius 2 is 1.69 bits per heavy atom. The Labute approximate surface area is 205 Å². The zero-order valence-electron chi connectivity index (χ0n) is 21.4. The van der Waals surface area contributed by atoms with Crippen LogP contribution >= 0.6 is 0 Å². The summed E-state index contributed by atoms with van der Waals surface area (Å²) in [4.78, 5) is 39.8. The van der Waals surface area contributed by atoms with Crippen LogP contribution in [0.5, 0.6) is 17.2 Å². The average Bonchev–Trinajstić information content (AvgIpc) is 2.81. The minimum absolute atomic E-state index is 0.259. The van der Waals surface area contributed by atoms with E-state index < -0.39 is 29.6 Å². The third kappa shape index (κ3) is 4.59. The van der Waals surface area contributed by atoms with E-state index >= 15 is 0 Å². The molecule has 1 aromatic rings. The van der Waals surface area contributed by atoms with E-state index in [0.717, 1.165) is 0 Å². The highest BCUT2D eigenvalue weighted by molar-refractivity contribution is 6.12. The number of carbonyl (C=O) groups is 3. The Morgan fingerprint density at radius 1 is 1.03 bits per heavy atom. The van der Waals surface area contributed by atoms with Crippen molar-refractivity contribution in [2.75, 3.05) is 28.4 Å². The number of hydrogen-bond acceptors (Lipinski definition) is 9. The molecule has 1 aliphatic heterocycles. The quantitative estimate of drug-likeness (QED) is 0.458. The van der Waals surface area contributed by atoms with Crippen molar-refractivity contribution in [3.05, 3.63) is 40.2 Å². The second-order valence-electron chi connectivity index (χ2n) is 8.91. The topological polar surface area (TPSA) is 109 Å². The van der Waals surface area contributed by atoms with Gasteiger partial charge in [-0.25, -0.2) is 4.79 Å². The van der Waals surface area contributed by atoms with Gasteiger partial charge in [-0.1, -0.05) is 13.0 Å². The molecule has 0 bridgehead atoms. The van der Waals surface area contributed by atoms with Gasteiger partial charge in [-0.3, -0.25) is 9.59 Å². The molecule has 0 fully saturated rings. The van der Waals surface area contributed by atoms with E-state index in [1.165, 1.54) is 28.4 Å². The van der Waals surface area contributed by atoms with Gasteiger partial charge in [-0.2, -0.15) is 0 Å². The second-order valence-corrected chi connectivity index (χ2v) is 8.91. The molecule has 9 nitrogen and oxygen atoms in total. The van der Waals surface area contributed by atoms with E-state index in [-0.39, 0.29) is 17.6 Å². The standard InChI is InChI=1S/C26H33NO8/c1-12(2)35-26(30)19-14(4)27-16-11-13(3)18(25(29)34-8)22(28)21(16)20(19)15-9-10-17(31-5)24(33-7)23(15)32-6/h9-10,12-13,18,20,27H,11H2,1-8H3/t13-,18+,20+/m0/s1. The van der Waals surface area contributed by atoms with E-state index in [4.69, 9.17) is 23.7 Å². The highest BCUT2D eigenvalue weighted by Gasteiger charge is 2.48. The lowest BCUT2D eigenvalue weighted by Gasteiger charge is -2.38. The van der Waals surface area contributed by atoms with E-state index in [9.17, 15) is 14.4 Å². The van der Waals surface area contributed by atoms with Gasteiger partial charge >= 0.3 is 11.9 Å². The van der Waals surface area contributed by atoms with Crippen LogP contribution in [0.15, 0.2) is 34.7 Å². The maximum Gasteiger partial charge on any atom is 0.337 e. The molecule has 0 radical (unpaired) electrons. The lowest BCUT2D eigenvalue weighted by molar-refractivity contribution is -0.151. The van der Waals surface area contributed by atoms with Gasteiger partial charge in [0.05, 0.1) is 46.0 Å². The molecule has 0 unspecified atom stereocenters. The molecular weight excluding hydrogens is 454 g/mol. The van der Waals surface area contributed by atoms with Gasteiger partial charge in [0.25, 0.3) is 0 Å². The molecule has 3 atom stereocenters. The van der Waals surface area contributed by atoms with Gasteiger partial charge in [-0.05, 0) is 39.2 Å². The van der Waals surface area contributed by atoms with Crippen molar-refractivity contribution in [2.45, 2.75) is 46.1 Å². The fraction of sp³-hybridized carbons (Fsp3) is 0.500. The monoisotopic (exact) mass is 487 g/mol. The van der Waals surface area contributed by atoms with Gasteiger partial charge in [0, 0.05) is 22.5 Å². The molecule has 9 heteroatoms. The van der Waals surface area contributed by atoms with Crippen molar-refractivity contribution in [1.29, 1.82) is 0 Å². The molecular formula is C26H33NO8. The number of benzene rings is 1. The molecule has 35 heavy (non-hydrogen) atoms. The van der Waals surface area contributed by atoms with Gasteiger partial charge in [0.15, 0.2) is 17.3 Å². The van der Waals surface area contributed by atoms with Gasteiger partial charge in [0.2, 0.25) is 5.75 Å². The number of rotatable bonds is 7. The van der Waals surface area contributed by atoms with Crippen LogP contribution in [-0.4, -0.2) is 52.3 Å². The molecule has 0 saturated carbocycles. The number of dihydropyridines is 1. The molecule has 0 saturated heterocycles. The normalized spacial score (nSPS) is 21.9. The first kappa shape index (κ1) is 26.1. The number of carbonyl (C=O) groups excluding carboxylic acids is 3. The highest BCUT2D eigenvalue weighted by atomic mass is 16.5.